The third kappa shape index (κ3) is 9.61. The number of rotatable bonds is 23. The lowest BCUT2D eigenvalue weighted by Gasteiger charge is -2.36. The van der Waals surface area contributed by atoms with Crippen LogP contribution in [0.4, 0.5) is 0 Å². The van der Waals surface area contributed by atoms with E-state index in [1.807, 2.05) is 0 Å². The maximum atomic E-state index is 7.71. The van der Waals surface area contributed by atoms with E-state index in [1.54, 1.807) is 0 Å². The van der Waals surface area contributed by atoms with Crippen molar-refractivity contribution in [2.24, 2.45) is 0 Å². The van der Waals surface area contributed by atoms with Crippen LogP contribution >= 0.6 is 0 Å². The quantitative estimate of drug-likeness (QED) is 0.0763. The molecule has 246 valence electrons. The van der Waals surface area contributed by atoms with Crippen molar-refractivity contribution in [3.63, 3.8) is 0 Å². The van der Waals surface area contributed by atoms with Gasteiger partial charge >= 0.3 is 0 Å². The van der Waals surface area contributed by atoms with E-state index in [0.29, 0.717) is 0 Å². The average molecular weight is 635 g/mol. The summed E-state index contributed by atoms with van der Waals surface area (Å²) in [5.74, 6) is 2.32. The minimum atomic E-state index is -2.01. The Kier molecular flexibility index (Phi) is 15.8. The molecule has 0 spiro atoms. The maximum Gasteiger partial charge on any atom is 0.251 e. The van der Waals surface area contributed by atoms with Gasteiger partial charge in [-0.25, -0.2) is 0 Å². The van der Waals surface area contributed by atoms with Gasteiger partial charge in [-0.2, -0.15) is 0 Å². The van der Waals surface area contributed by atoms with Crippen molar-refractivity contribution >= 4 is 38.2 Å². The fourth-order valence-corrected chi connectivity index (χ4v) is 16.5. The molecule has 4 heteroatoms. The van der Waals surface area contributed by atoms with Crippen LogP contribution in [0.25, 0.3) is 21.5 Å². The predicted molar refractivity (Wildman–Crippen MR) is 202 cm³/mol. The first-order valence-electron chi connectivity index (χ1n) is 18.8. The summed E-state index contributed by atoms with van der Waals surface area (Å²) in [5.41, 5.74) is 1.39. The molecule has 0 amide bonds. The molecule has 0 aromatic heterocycles. The van der Waals surface area contributed by atoms with Crippen molar-refractivity contribution in [2.45, 2.75) is 168 Å². The van der Waals surface area contributed by atoms with Crippen LogP contribution < -0.4 is 8.85 Å². The molecule has 2 nitrogen and oxygen atoms in total. The Labute approximate surface area is 274 Å². The van der Waals surface area contributed by atoms with Gasteiger partial charge < -0.3 is 8.85 Å². The van der Waals surface area contributed by atoms with Gasteiger partial charge in [-0.3, -0.25) is 0 Å². The number of hydrogen-bond acceptors (Lipinski definition) is 2. The average Bonchev–Trinajstić information content (AvgIpc) is 3.06. The molecule has 0 heterocycles. The molecule has 3 rings (SSSR count). The van der Waals surface area contributed by atoms with Crippen molar-refractivity contribution in [1.82, 2.24) is 0 Å². The van der Waals surface area contributed by atoms with Crippen LogP contribution in [-0.2, 0) is 6.42 Å². The van der Waals surface area contributed by atoms with E-state index in [-0.39, 0.29) is 0 Å². The fourth-order valence-electron chi connectivity index (χ4n) is 7.07. The highest BCUT2D eigenvalue weighted by Gasteiger charge is 2.38. The Balaban J connectivity index is 2.32. The fraction of sp³-hybridized carbons (Fsp3) is 0.650. The highest BCUT2D eigenvalue weighted by Crippen LogP contribution is 2.47. The molecule has 3 aromatic carbocycles. The second-order valence-corrected chi connectivity index (χ2v) is 21.8. The van der Waals surface area contributed by atoms with Crippen molar-refractivity contribution in [2.75, 3.05) is 0 Å². The van der Waals surface area contributed by atoms with Crippen LogP contribution in [0.1, 0.15) is 131 Å². The summed E-state index contributed by atoms with van der Waals surface area (Å²) < 4.78 is 15.4. The zero-order valence-electron chi connectivity index (χ0n) is 29.8. The van der Waals surface area contributed by atoms with Crippen LogP contribution in [0.15, 0.2) is 42.5 Å². The van der Waals surface area contributed by atoms with E-state index in [9.17, 15) is 0 Å². The number of benzene rings is 3. The number of unbranched alkanes of at least 4 members (excludes halogenated alkanes) is 6. The molecular weight excluding hydrogens is 569 g/mol. The largest absolute Gasteiger partial charge is 0.543 e. The Morgan fingerprint density at radius 1 is 0.432 bits per heavy atom. The molecule has 0 atom stereocenters. The van der Waals surface area contributed by atoms with Crippen molar-refractivity contribution in [3.05, 3.63) is 48.0 Å². The molecule has 0 fully saturated rings. The highest BCUT2D eigenvalue weighted by molar-refractivity contribution is 6.75. The lowest BCUT2D eigenvalue weighted by atomic mass is 9.98. The van der Waals surface area contributed by atoms with Gasteiger partial charge in [0.25, 0.3) is 16.6 Å². The zero-order chi connectivity index (χ0) is 31.8. The van der Waals surface area contributed by atoms with Gasteiger partial charge in [-0.05, 0) is 54.3 Å². The first kappa shape index (κ1) is 36.7. The van der Waals surface area contributed by atoms with E-state index >= 15 is 0 Å². The predicted octanol–water partition coefficient (Wildman–Crippen LogP) is 14.0. The summed E-state index contributed by atoms with van der Waals surface area (Å²) in [5, 5.41) is 5.12. The number of hydrogen-bond donors (Lipinski definition) is 0. The molecule has 0 saturated carbocycles. The zero-order valence-corrected chi connectivity index (χ0v) is 31.8. The van der Waals surface area contributed by atoms with Gasteiger partial charge in [0.1, 0.15) is 11.5 Å². The highest BCUT2D eigenvalue weighted by atomic mass is 28.4. The molecule has 44 heavy (non-hydrogen) atoms. The van der Waals surface area contributed by atoms with Crippen LogP contribution in [0.2, 0.25) is 36.3 Å². The molecule has 3 aromatic rings. The first-order valence-corrected chi connectivity index (χ1v) is 23.9. The minimum Gasteiger partial charge on any atom is -0.543 e. The van der Waals surface area contributed by atoms with Crippen LogP contribution in [-0.4, -0.2) is 16.6 Å². The number of aryl methyl sites for hydroxylation is 1. The van der Waals surface area contributed by atoms with Crippen LogP contribution in [0, 0.1) is 0 Å². The SMILES string of the molecule is CCCC[Si](CCCC)(CCCC)Oc1c2ccccc2c(O[Si](CCCC)(CCCC)CCCC)c2cc(CC)ccc12. The van der Waals surface area contributed by atoms with E-state index < -0.39 is 16.6 Å². The van der Waals surface area contributed by atoms with Gasteiger partial charge in [-0.1, -0.05) is 162 Å². The third-order valence-corrected chi connectivity index (χ3v) is 18.8. The van der Waals surface area contributed by atoms with E-state index in [2.05, 4.69) is 90.9 Å². The van der Waals surface area contributed by atoms with Gasteiger partial charge in [0.2, 0.25) is 0 Å². The molecule has 0 radical (unpaired) electrons. The monoisotopic (exact) mass is 634 g/mol. The lowest BCUT2D eigenvalue weighted by Crippen LogP contribution is -2.42. The summed E-state index contributed by atoms with van der Waals surface area (Å²) >= 11 is 0. The van der Waals surface area contributed by atoms with Crippen LogP contribution in [0.5, 0.6) is 11.5 Å². The van der Waals surface area contributed by atoms with Gasteiger partial charge in [0.15, 0.2) is 0 Å². The van der Waals surface area contributed by atoms with Gasteiger partial charge in [0.05, 0.1) is 0 Å². The molecule has 0 aliphatic heterocycles. The van der Waals surface area contributed by atoms with E-state index in [1.165, 1.54) is 140 Å². The minimum absolute atomic E-state index is 1.03. The Bertz CT molecular complexity index is 1210. The molecule has 0 N–H and O–H groups in total. The smallest absolute Gasteiger partial charge is 0.251 e. The Morgan fingerprint density at radius 3 is 1.11 bits per heavy atom. The van der Waals surface area contributed by atoms with Gasteiger partial charge in [-0.15, -0.1) is 0 Å². The van der Waals surface area contributed by atoms with Crippen molar-refractivity contribution in [3.8, 4) is 11.5 Å². The number of fused-ring (bicyclic) bond motifs is 2. The van der Waals surface area contributed by atoms with E-state index in [0.717, 1.165) is 17.9 Å². The first-order chi connectivity index (χ1) is 21.5. The molecule has 0 aliphatic rings. The summed E-state index contributed by atoms with van der Waals surface area (Å²) in [6.45, 7) is 16.3. The maximum absolute atomic E-state index is 7.71. The topological polar surface area (TPSA) is 18.5 Å². The lowest BCUT2D eigenvalue weighted by molar-refractivity contribution is 0.513. The molecule has 0 saturated heterocycles. The Hall–Kier alpha value is -1.79. The molecule has 0 aliphatic carbocycles. The molecule has 0 unspecified atom stereocenters. The second-order valence-electron chi connectivity index (χ2n) is 13.6. The summed E-state index contributed by atoms with van der Waals surface area (Å²) in [7, 11) is -4.02. The standard InChI is InChI=1S/C40H66O2Si2/c1-8-15-27-43(28-16-9-2,29-17-10-3)41-39-35-23-21-22-24-36(35)40(38-33-34(14-7)25-26-37(38)39)42-44(30-18-11-4,31-19-12-5)32-20-13-6/h21-26,33H,8-20,27-32H2,1-7H3. The molecule has 0 bridgehead atoms. The van der Waals surface area contributed by atoms with Crippen molar-refractivity contribution < 1.29 is 8.85 Å². The van der Waals surface area contributed by atoms with Crippen LogP contribution in [0.3, 0.4) is 0 Å². The normalized spacial score (nSPS) is 12.3. The van der Waals surface area contributed by atoms with Gasteiger partial charge in [0, 0.05) is 21.5 Å². The van der Waals surface area contributed by atoms with Crippen molar-refractivity contribution in [1.29, 1.82) is 0 Å². The van der Waals surface area contributed by atoms with E-state index in [4.69, 9.17) is 8.85 Å². The second kappa shape index (κ2) is 19.0. The summed E-state index contributed by atoms with van der Waals surface area (Å²) in [4.78, 5) is 0. The third-order valence-electron chi connectivity index (χ3n) is 9.95. The summed E-state index contributed by atoms with van der Waals surface area (Å²) in [6, 6.07) is 23.9. The summed E-state index contributed by atoms with van der Waals surface area (Å²) in [6.07, 6.45) is 16.1. The Morgan fingerprint density at radius 2 is 0.773 bits per heavy atom. The molecular formula is C40H66O2Si2.